The number of ether oxygens (including phenoxy) is 2. The molecule has 2 heterocycles. The zero-order valence-corrected chi connectivity index (χ0v) is 16.6. The van der Waals surface area contributed by atoms with Crippen LogP contribution in [0.25, 0.3) is 22.1 Å². The number of benzene rings is 2. The van der Waals surface area contributed by atoms with Crippen molar-refractivity contribution in [3.63, 3.8) is 0 Å². The summed E-state index contributed by atoms with van der Waals surface area (Å²) in [7, 11) is 3.20. The molecule has 0 unspecified atom stereocenters. The molecule has 0 saturated carbocycles. The highest BCUT2D eigenvalue weighted by Crippen LogP contribution is 2.27. The fourth-order valence-electron chi connectivity index (χ4n) is 3.30. The van der Waals surface area contributed by atoms with Gasteiger partial charge in [0.05, 0.1) is 26.0 Å². The van der Waals surface area contributed by atoms with Crippen LogP contribution < -0.4 is 14.9 Å². The van der Waals surface area contributed by atoms with Crippen molar-refractivity contribution >= 4 is 34.2 Å². The van der Waals surface area contributed by atoms with Crippen molar-refractivity contribution in [1.82, 2.24) is 19.7 Å². The SMILES string of the molecule is CCCn1c2ccccc2c2nnc(N/N=C/c3ccc(OC)c(OC)c3)nc21. The monoisotopic (exact) mass is 390 g/mol. The summed E-state index contributed by atoms with van der Waals surface area (Å²) in [5.41, 5.74) is 6.42. The Morgan fingerprint density at radius 2 is 1.90 bits per heavy atom. The van der Waals surface area contributed by atoms with Gasteiger partial charge in [-0.15, -0.1) is 10.2 Å². The fraction of sp³-hybridized carbons (Fsp3) is 0.238. The molecule has 0 atom stereocenters. The Morgan fingerprint density at radius 1 is 1.07 bits per heavy atom. The van der Waals surface area contributed by atoms with E-state index in [1.807, 2.05) is 36.4 Å². The molecule has 148 valence electrons. The van der Waals surface area contributed by atoms with E-state index in [0.29, 0.717) is 17.4 Å². The molecule has 2 aromatic carbocycles. The molecule has 0 aliphatic heterocycles. The van der Waals surface area contributed by atoms with Crippen molar-refractivity contribution in [2.75, 3.05) is 19.6 Å². The number of aromatic nitrogens is 4. The van der Waals surface area contributed by atoms with Gasteiger partial charge in [-0.25, -0.2) is 5.43 Å². The highest BCUT2D eigenvalue weighted by atomic mass is 16.5. The zero-order chi connectivity index (χ0) is 20.2. The summed E-state index contributed by atoms with van der Waals surface area (Å²) in [5.74, 6) is 1.65. The molecule has 0 amide bonds. The largest absolute Gasteiger partial charge is 0.493 e. The van der Waals surface area contributed by atoms with Crippen molar-refractivity contribution in [3.05, 3.63) is 48.0 Å². The standard InChI is InChI=1S/C21H22N6O2/c1-4-11-27-16-8-6-5-7-15(16)19-20(27)23-21(26-24-19)25-22-13-14-9-10-17(28-2)18(12-14)29-3/h5-10,12-13H,4,11H2,1-3H3,(H,23,25,26)/b22-13+. The van der Waals surface area contributed by atoms with Crippen molar-refractivity contribution in [1.29, 1.82) is 0 Å². The number of hydrazone groups is 1. The van der Waals surface area contributed by atoms with E-state index in [9.17, 15) is 0 Å². The molecule has 1 N–H and O–H groups in total. The molecule has 4 rings (SSSR count). The molecular weight excluding hydrogens is 368 g/mol. The molecule has 8 nitrogen and oxygen atoms in total. The summed E-state index contributed by atoms with van der Waals surface area (Å²) in [6.07, 6.45) is 2.66. The summed E-state index contributed by atoms with van der Waals surface area (Å²) in [6, 6.07) is 13.7. The quantitative estimate of drug-likeness (QED) is 0.381. The summed E-state index contributed by atoms with van der Waals surface area (Å²) in [6.45, 7) is 3.00. The van der Waals surface area contributed by atoms with Crippen LogP contribution in [0.1, 0.15) is 18.9 Å². The van der Waals surface area contributed by atoms with Crippen LogP contribution in [0, 0.1) is 0 Å². The van der Waals surface area contributed by atoms with E-state index in [2.05, 4.69) is 43.3 Å². The van der Waals surface area contributed by atoms with Crippen LogP contribution in [-0.4, -0.2) is 40.2 Å². The second-order valence-electron chi connectivity index (χ2n) is 6.46. The van der Waals surface area contributed by atoms with Crippen molar-refractivity contribution < 1.29 is 9.47 Å². The number of fused-ring (bicyclic) bond motifs is 3. The van der Waals surface area contributed by atoms with E-state index in [4.69, 9.17) is 9.47 Å². The summed E-state index contributed by atoms with van der Waals surface area (Å²) in [4.78, 5) is 4.64. The Morgan fingerprint density at radius 3 is 2.69 bits per heavy atom. The smallest absolute Gasteiger partial charge is 0.265 e. The number of rotatable bonds is 7. The lowest BCUT2D eigenvalue weighted by Crippen LogP contribution is -2.03. The third kappa shape index (κ3) is 3.56. The number of hydrogen-bond acceptors (Lipinski definition) is 7. The number of nitrogens with zero attached hydrogens (tertiary/aromatic N) is 5. The summed E-state index contributed by atoms with van der Waals surface area (Å²) < 4.78 is 12.7. The minimum atomic E-state index is 0.342. The maximum absolute atomic E-state index is 5.31. The van der Waals surface area contributed by atoms with E-state index in [-0.39, 0.29) is 0 Å². The lowest BCUT2D eigenvalue weighted by atomic mass is 10.2. The second kappa shape index (κ2) is 8.14. The average Bonchev–Trinajstić information content (AvgIpc) is 3.07. The van der Waals surface area contributed by atoms with E-state index >= 15 is 0 Å². The first kappa shape index (κ1) is 18.7. The predicted octanol–water partition coefficient (Wildman–Crippen LogP) is 3.85. The number of anilines is 1. The van der Waals surface area contributed by atoms with Gasteiger partial charge in [0.1, 0.15) is 5.52 Å². The molecule has 0 aliphatic carbocycles. The maximum Gasteiger partial charge on any atom is 0.265 e. The van der Waals surface area contributed by atoms with E-state index in [0.717, 1.165) is 40.6 Å². The van der Waals surface area contributed by atoms with Gasteiger partial charge in [-0.1, -0.05) is 25.1 Å². The molecule has 0 saturated heterocycles. The summed E-state index contributed by atoms with van der Waals surface area (Å²) >= 11 is 0. The molecule has 8 heteroatoms. The van der Waals surface area contributed by atoms with Crippen molar-refractivity contribution in [3.8, 4) is 11.5 Å². The normalized spacial score (nSPS) is 11.4. The molecule has 0 bridgehead atoms. The molecule has 0 spiro atoms. The number of nitrogens with one attached hydrogen (secondary N) is 1. The maximum atomic E-state index is 5.31. The minimum absolute atomic E-state index is 0.342. The Labute approximate surface area is 168 Å². The Hall–Kier alpha value is -3.68. The molecule has 29 heavy (non-hydrogen) atoms. The second-order valence-corrected chi connectivity index (χ2v) is 6.46. The third-order valence-corrected chi connectivity index (χ3v) is 4.61. The first-order valence-electron chi connectivity index (χ1n) is 9.38. The van der Waals surface area contributed by atoms with E-state index < -0.39 is 0 Å². The Balaban J connectivity index is 1.62. The molecular formula is C21H22N6O2. The van der Waals surface area contributed by atoms with Gasteiger partial charge in [-0.2, -0.15) is 10.1 Å². The third-order valence-electron chi connectivity index (χ3n) is 4.61. The number of hydrogen-bond donors (Lipinski definition) is 1. The van der Waals surface area contributed by atoms with Crippen molar-refractivity contribution in [2.24, 2.45) is 5.10 Å². The lowest BCUT2D eigenvalue weighted by Gasteiger charge is -2.07. The first-order chi connectivity index (χ1) is 14.2. The van der Waals surface area contributed by atoms with Gasteiger partial charge < -0.3 is 14.0 Å². The van der Waals surface area contributed by atoms with Gasteiger partial charge in [0.15, 0.2) is 17.1 Å². The van der Waals surface area contributed by atoms with Crippen LogP contribution in [0.2, 0.25) is 0 Å². The van der Waals surface area contributed by atoms with Crippen LogP contribution in [0.5, 0.6) is 11.5 Å². The lowest BCUT2D eigenvalue weighted by molar-refractivity contribution is 0.355. The fourth-order valence-corrected chi connectivity index (χ4v) is 3.30. The van der Waals surface area contributed by atoms with Gasteiger partial charge in [-0.05, 0) is 36.2 Å². The predicted molar refractivity (Wildman–Crippen MR) is 114 cm³/mol. The summed E-state index contributed by atoms with van der Waals surface area (Å²) in [5, 5.41) is 13.8. The Bertz CT molecular complexity index is 1180. The number of aryl methyl sites for hydroxylation is 1. The first-order valence-corrected chi connectivity index (χ1v) is 9.38. The molecule has 0 aliphatic rings. The number of para-hydroxylation sites is 1. The van der Waals surface area contributed by atoms with Crippen LogP contribution >= 0.6 is 0 Å². The van der Waals surface area contributed by atoms with Gasteiger partial charge in [-0.3, -0.25) is 0 Å². The molecule has 4 aromatic rings. The molecule has 0 radical (unpaired) electrons. The van der Waals surface area contributed by atoms with Crippen LogP contribution in [0.15, 0.2) is 47.6 Å². The van der Waals surface area contributed by atoms with Crippen molar-refractivity contribution in [2.45, 2.75) is 19.9 Å². The Kier molecular flexibility index (Phi) is 5.24. The average molecular weight is 390 g/mol. The minimum Gasteiger partial charge on any atom is -0.493 e. The van der Waals surface area contributed by atoms with Gasteiger partial charge in [0.2, 0.25) is 0 Å². The topological polar surface area (TPSA) is 86.5 Å². The van der Waals surface area contributed by atoms with Gasteiger partial charge >= 0.3 is 0 Å². The van der Waals surface area contributed by atoms with Crippen LogP contribution in [-0.2, 0) is 6.54 Å². The molecule has 2 aromatic heterocycles. The van der Waals surface area contributed by atoms with Crippen LogP contribution in [0.3, 0.4) is 0 Å². The highest BCUT2D eigenvalue weighted by molar-refractivity contribution is 6.04. The van der Waals surface area contributed by atoms with E-state index in [1.54, 1.807) is 20.4 Å². The van der Waals surface area contributed by atoms with Gasteiger partial charge in [0.25, 0.3) is 5.95 Å². The molecule has 0 fully saturated rings. The van der Waals surface area contributed by atoms with Gasteiger partial charge in [0, 0.05) is 11.9 Å². The zero-order valence-electron chi connectivity index (χ0n) is 16.6. The van der Waals surface area contributed by atoms with E-state index in [1.165, 1.54) is 0 Å². The highest BCUT2D eigenvalue weighted by Gasteiger charge is 2.13. The number of methoxy groups -OCH3 is 2. The van der Waals surface area contributed by atoms with Crippen LogP contribution in [0.4, 0.5) is 5.95 Å².